The molecule has 9 heteroatoms. The highest BCUT2D eigenvalue weighted by molar-refractivity contribution is 6.23. The van der Waals surface area contributed by atoms with Crippen molar-refractivity contribution in [3.8, 4) is 6.07 Å². The molecule has 3 aliphatic rings. The lowest BCUT2D eigenvalue weighted by Gasteiger charge is -2.28. The van der Waals surface area contributed by atoms with Gasteiger partial charge in [0.2, 0.25) is 11.8 Å². The van der Waals surface area contributed by atoms with Crippen molar-refractivity contribution < 1.29 is 32.6 Å². The number of benzene rings is 1. The lowest BCUT2D eigenvalue weighted by atomic mass is 9.71. The van der Waals surface area contributed by atoms with Gasteiger partial charge in [-0.3, -0.25) is 9.59 Å². The van der Waals surface area contributed by atoms with Crippen LogP contribution in [0.4, 0.5) is 18.9 Å². The van der Waals surface area contributed by atoms with Crippen LogP contribution in [0.2, 0.25) is 0 Å². The highest BCUT2D eigenvalue weighted by Gasteiger charge is 2.71. The molecule has 0 unspecified atom stereocenters. The lowest BCUT2D eigenvalue weighted by molar-refractivity contribution is -0.138. The van der Waals surface area contributed by atoms with Gasteiger partial charge in [-0.2, -0.15) is 18.4 Å². The number of alkyl halides is 3. The third kappa shape index (κ3) is 2.28. The molecule has 28 heavy (non-hydrogen) atoms. The van der Waals surface area contributed by atoms with Crippen LogP contribution in [0.3, 0.4) is 0 Å². The average molecular weight is 392 g/mol. The summed E-state index contributed by atoms with van der Waals surface area (Å²) in [6, 6.07) is 4.21. The Hall–Kier alpha value is -2.70. The summed E-state index contributed by atoms with van der Waals surface area (Å²) < 4.78 is 45.8. The number of aliphatic hydroxyl groups is 1. The van der Waals surface area contributed by atoms with Gasteiger partial charge >= 0.3 is 6.18 Å². The summed E-state index contributed by atoms with van der Waals surface area (Å²) in [6.45, 7) is 1.36. The van der Waals surface area contributed by atoms with Gasteiger partial charge in [0.15, 0.2) is 0 Å². The molecule has 6 nitrogen and oxygen atoms in total. The topological polar surface area (TPSA) is 90.6 Å². The van der Waals surface area contributed by atoms with Gasteiger partial charge in [0.05, 0.1) is 40.3 Å². The quantitative estimate of drug-likeness (QED) is 0.629. The van der Waals surface area contributed by atoms with Gasteiger partial charge < -0.3 is 9.84 Å². The van der Waals surface area contributed by atoms with Gasteiger partial charge in [-0.25, -0.2) is 4.90 Å². The molecule has 3 aliphatic heterocycles. The zero-order valence-corrected chi connectivity index (χ0v) is 14.7. The summed E-state index contributed by atoms with van der Waals surface area (Å²) in [5, 5.41) is 18.3. The molecule has 2 fully saturated rings. The summed E-state index contributed by atoms with van der Waals surface area (Å²) in [6.07, 6.45) is -1.40. The Morgan fingerprint density at radius 2 is 1.93 bits per heavy atom. The Morgan fingerprint density at radius 1 is 1.25 bits per heavy atom. The number of amides is 2. The van der Waals surface area contributed by atoms with E-state index in [9.17, 15) is 27.9 Å². The number of nitrogens with zero attached hydrogens (tertiary/aromatic N) is 2. The second-order valence-electron chi connectivity index (χ2n) is 7.35. The fourth-order valence-corrected chi connectivity index (χ4v) is 4.58. The molecule has 2 saturated heterocycles. The third-order valence-corrected chi connectivity index (χ3v) is 5.75. The van der Waals surface area contributed by atoms with Crippen molar-refractivity contribution in [2.75, 3.05) is 11.5 Å². The van der Waals surface area contributed by atoms with E-state index in [0.717, 1.165) is 17.0 Å². The maximum Gasteiger partial charge on any atom is 0.417 e. The Kier molecular flexibility index (Phi) is 3.77. The number of halogens is 3. The van der Waals surface area contributed by atoms with Gasteiger partial charge in [0.1, 0.15) is 5.60 Å². The molecule has 4 atom stereocenters. The molecular weight excluding hydrogens is 377 g/mol. The Labute approximate surface area is 157 Å². The fraction of sp³-hybridized carbons (Fsp3) is 0.421. The van der Waals surface area contributed by atoms with Gasteiger partial charge in [-0.1, -0.05) is 12.2 Å². The van der Waals surface area contributed by atoms with Gasteiger partial charge in [-0.05, 0) is 25.1 Å². The molecule has 1 aromatic rings. The highest BCUT2D eigenvalue weighted by atomic mass is 19.4. The molecule has 0 saturated carbocycles. The Morgan fingerprint density at radius 3 is 2.54 bits per heavy atom. The van der Waals surface area contributed by atoms with E-state index in [0.29, 0.717) is 6.07 Å². The molecule has 0 spiro atoms. The summed E-state index contributed by atoms with van der Waals surface area (Å²) in [7, 11) is 0. The third-order valence-electron chi connectivity index (χ3n) is 5.75. The number of hydrogen-bond donors (Lipinski definition) is 1. The van der Waals surface area contributed by atoms with Crippen molar-refractivity contribution >= 4 is 17.5 Å². The minimum absolute atomic E-state index is 0.0916. The van der Waals surface area contributed by atoms with E-state index in [1.54, 1.807) is 19.1 Å². The van der Waals surface area contributed by atoms with Gasteiger partial charge in [0, 0.05) is 13.0 Å². The predicted octanol–water partition coefficient (Wildman–Crippen LogP) is 2.16. The van der Waals surface area contributed by atoms with Crippen LogP contribution in [0.25, 0.3) is 0 Å². The van der Waals surface area contributed by atoms with Crippen LogP contribution in [0.15, 0.2) is 30.4 Å². The van der Waals surface area contributed by atoms with Crippen LogP contribution < -0.4 is 4.90 Å². The Balaban J connectivity index is 1.80. The molecular formula is C19H15F3N2O4. The van der Waals surface area contributed by atoms with Gasteiger partial charge in [-0.15, -0.1) is 0 Å². The number of hydrogen-bond acceptors (Lipinski definition) is 5. The number of fused-ring (bicyclic) bond motifs is 5. The number of imide groups is 1. The van der Waals surface area contributed by atoms with Crippen molar-refractivity contribution in [3.05, 3.63) is 41.5 Å². The van der Waals surface area contributed by atoms with E-state index in [2.05, 4.69) is 0 Å². The smallest absolute Gasteiger partial charge is 0.396 e. The molecule has 4 rings (SSSR count). The molecule has 0 aliphatic carbocycles. The number of aliphatic hydroxyl groups excluding tert-OH is 1. The number of ether oxygens (including phenoxy) is 1. The van der Waals surface area contributed by atoms with Crippen LogP contribution in [0.5, 0.6) is 0 Å². The summed E-state index contributed by atoms with van der Waals surface area (Å²) >= 11 is 0. The number of rotatable bonds is 3. The maximum absolute atomic E-state index is 13.3. The molecule has 0 radical (unpaired) electrons. The van der Waals surface area contributed by atoms with Crippen molar-refractivity contribution in [3.63, 3.8) is 0 Å². The molecule has 2 amide bonds. The summed E-state index contributed by atoms with van der Waals surface area (Å²) in [5.41, 5.74) is -4.27. The molecule has 0 aromatic heterocycles. The van der Waals surface area contributed by atoms with E-state index in [-0.39, 0.29) is 18.7 Å². The zero-order chi connectivity index (χ0) is 20.5. The molecule has 146 valence electrons. The predicted molar refractivity (Wildman–Crippen MR) is 88.7 cm³/mol. The minimum atomic E-state index is -4.81. The second kappa shape index (κ2) is 5.65. The van der Waals surface area contributed by atoms with Crippen LogP contribution in [-0.2, 0) is 20.5 Å². The number of nitriles is 1. The van der Waals surface area contributed by atoms with Crippen molar-refractivity contribution in [2.45, 2.75) is 30.7 Å². The largest absolute Gasteiger partial charge is 0.417 e. The standard InChI is InChI=1S/C19H15F3N2O4/c1-17-4-5-18(28-17,6-7-25)14-13(17)15(26)24(16(14)27)11-3-2-10(9-23)12(8-11)19(20,21)22/h2-5,8,13-14,25H,6-7H2,1H3/t13-,14+,17+,18+/m1/s1. The van der Waals surface area contributed by atoms with E-state index < -0.39 is 52.2 Å². The summed E-state index contributed by atoms with van der Waals surface area (Å²) in [4.78, 5) is 26.9. The lowest BCUT2D eigenvalue weighted by Crippen LogP contribution is -2.41. The molecule has 3 heterocycles. The van der Waals surface area contributed by atoms with Crippen molar-refractivity contribution in [1.29, 1.82) is 5.26 Å². The monoisotopic (exact) mass is 392 g/mol. The molecule has 1 aromatic carbocycles. The first-order valence-corrected chi connectivity index (χ1v) is 8.58. The number of anilines is 1. The number of carbonyl (C=O) groups is 2. The van der Waals surface area contributed by atoms with E-state index in [1.807, 2.05) is 0 Å². The zero-order valence-electron chi connectivity index (χ0n) is 14.7. The van der Waals surface area contributed by atoms with E-state index in [1.165, 1.54) is 6.07 Å². The van der Waals surface area contributed by atoms with E-state index in [4.69, 9.17) is 10.00 Å². The minimum Gasteiger partial charge on any atom is -0.396 e. The average Bonchev–Trinajstić information content (AvgIpc) is 3.19. The SMILES string of the molecule is C[C@@]12C=C[C@@](CCO)(O1)[C@@H]1C(=O)N(c3ccc(C#N)c(C(F)(F)F)c3)C(=O)[C@@H]12. The van der Waals surface area contributed by atoms with Crippen LogP contribution >= 0.6 is 0 Å². The van der Waals surface area contributed by atoms with Crippen LogP contribution in [0, 0.1) is 23.2 Å². The maximum atomic E-state index is 13.3. The first-order valence-electron chi connectivity index (χ1n) is 8.58. The first kappa shape index (κ1) is 18.7. The molecule has 2 bridgehead atoms. The van der Waals surface area contributed by atoms with Crippen LogP contribution in [-0.4, -0.2) is 34.7 Å². The Bertz CT molecular complexity index is 967. The normalized spacial score (nSPS) is 33.5. The van der Waals surface area contributed by atoms with Crippen molar-refractivity contribution in [2.24, 2.45) is 11.8 Å². The van der Waals surface area contributed by atoms with Crippen LogP contribution in [0.1, 0.15) is 24.5 Å². The van der Waals surface area contributed by atoms with Gasteiger partial charge in [0.25, 0.3) is 0 Å². The number of carbonyl (C=O) groups excluding carboxylic acids is 2. The van der Waals surface area contributed by atoms with Crippen molar-refractivity contribution in [1.82, 2.24) is 0 Å². The van der Waals surface area contributed by atoms with E-state index >= 15 is 0 Å². The fourth-order valence-electron chi connectivity index (χ4n) is 4.58. The second-order valence-corrected chi connectivity index (χ2v) is 7.35. The summed E-state index contributed by atoms with van der Waals surface area (Å²) in [5.74, 6) is -3.14. The highest BCUT2D eigenvalue weighted by Crippen LogP contribution is 2.59. The first-order chi connectivity index (χ1) is 13.1. The molecule has 1 N–H and O–H groups in total.